The second kappa shape index (κ2) is 6.49. The Kier molecular flexibility index (Phi) is 5.27. The minimum Gasteiger partial charge on any atom is -0.371 e. The van der Waals surface area contributed by atoms with Gasteiger partial charge in [0, 0.05) is 12.6 Å². The van der Waals surface area contributed by atoms with Crippen LogP contribution in [0.1, 0.15) is 6.92 Å². The Balaban J connectivity index is 2.75. The summed E-state index contributed by atoms with van der Waals surface area (Å²) in [5, 5.41) is 5.24. The highest BCUT2D eigenvalue weighted by molar-refractivity contribution is 9.10. The van der Waals surface area contributed by atoms with Crippen LogP contribution in [0.3, 0.4) is 0 Å². The van der Waals surface area contributed by atoms with Gasteiger partial charge in [-0.2, -0.15) is 0 Å². The summed E-state index contributed by atoms with van der Waals surface area (Å²) in [4.78, 5) is 11.5. The summed E-state index contributed by atoms with van der Waals surface area (Å²) >= 11 is 2.95. The van der Waals surface area contributed by atoms with Crippen LogP contribution in [0.5, 0.6) is 0 Å². The van der Waals surface area contributed by atoms with Gasteiger partial charge in [-0.1, -0.05) is 6.08 Å². The molecule has 0 aliphatic heterocycles. The van der Waals surface area contributed by atoms with Crippen molar-refractivity contribution in [1.29, 1.82) is 0 Å². The molecule has 18 heavy (non-hydrogen) atoms. The Morgan fingerprint density at radius 2 is 2.17 bits per heavy atom. The molecule has 0 aliphatic rings. The van der Waals surface area contributed by atoms with Crippen LogP contribution in [0.25, 0.3) is 0 Å². The summed E-state index contributed by atoms with van der Waals surface area (Å²) in [6, 6.07) is 1.36. The fourth-order valence-electron chi connectivity index (χ4n) is 1.26. The highest BCUT2D eigenvalue weighted by Gasteiger charge is 2.15. The van der Waals surface area contributed by atoms with E-state index in [2.05, 4.69) is 33.1 Å². The van der Waals surface area contributed by atoms with Gasteiger partial charge < -0.3 is 10.6 Å². The lowest BCUT2D eigenvalue weighted by Gasteiger charge is -2.15. The monoisotopic (exact) mass is 318 g/mol. The van der Waals surface area contributed by atoms with E-state index >= 15 is 0 Å². The molecular formula is C12H13BrF2N2O. The van der Waals surface area contributed by atoms with Gasteiger partial charge in [-0.15, -0.1) is 6.58 Å². The SMILES string of the molecule is C=CCNC(=O)C(C)Nc1cc(Br)c(F)cc1F. The van der Waals surface area contributed by atoms with Gasteiger partial charge in [0.25, 0.3) is 0 Å². The largest absolute Gasteiger partial charge is 0.371 e. The predicted molar refractivity (Wildman–Crippen MR) is 70.3 cm³/mol. The van der Waals surface area contributed by atoms with Gasteiger partial charge in [-0.3, -0.25) is 4.79 Å². The molecule has 1 unspecified atom stereocenters. The van der Waals surface area contributed by atoms with Gasteiger partial charge >= 0.3 is 0 Å². The summed E-state index contributed by atoms with van der Waals surface area (Å²) in [6.45, 7) is 5.38. The molecule has 0 fully saturated rings. The van der Waals surface area contributed by atoms with Crippen LogP contribution < -0.4 is 10.6 Å². The Bertz CT molecular complexity index is 466. The fraction of sp³-hybridized carbons (Fsp3) is 0.250. The number of nitrogens with one attached hydrogen (secondary N) is 2. The third-order valence-electron chi connectivity index (χ3n) is 2.20. The lowest BCUT2D eigenvalue weighted by Crippen LogP contribution is -2.37. The molecule has 6 heteroatoms. The molecule has 0 aliphatic carbocycles. The summed E-state index contributed by atoms with van der Waals surface area (Å²) < 4.78 is 26.6. The van der Waals surface area contributed by atoms with E-state index in [-0.39, 0.29) is 16.1 Å². The molecule has 0 saturated heterocycles. The van der Waals surface area contributed by atoms with Crippen molar-refractivity contribution in [3.8, 4) is 0 Å². The van der Waals surface area contributed by atoms with Crippen LogP contribution in [0, 0.1) is 11.6 Å². The van der Waals surface area contributed by atoms with E-state index in [9.17, 15) is 13.6 Å². The first-order valence-electron chi connectivity index (χ1n) is 5.25. The zero-order valence-corrected chi connectivity index (χ0v) is 11.4. The molecule has 1 aromatic carbocycles. The van der Waals surface area contributed by atoms with Crippen molar-refractivity contribution in [2.45, 2.75) is 13.0 Å². The highest BCUT2D eigenvalue weighted by Crippen LogP contribution is 2.24. The maximum Gasteiger partial charge on any atom is 0.242 e. The van der Waals surface area contributed by atoms with Gasteiger partial charge in [-0.25, -0.2) is 8.78 Å². The topological polar surface area (TPSA) is 41.1 Å². The Hall–Kier alpha value is -1.43. The predicted octanol–water partition coefficient (Wildman–Crippen LogP) is 2.83. The van der Waals surface area contributed by atoms with Crippen LogP contribution in [0.15, 0.2) is 29.3 Å². The second-order valence-electron chi connectivity index (χ2n) is 3.65. The number of carbonyl (C=O) groups is 1. The Morgan fingerprint density at radius 1 is 1.50 bits per heavy atom. The molecule has 1 rings (SSSR count). The average molecular weight is 319 g/mol. The van der Waals surface area contributed by atoms with Crippen molar-refractivity contribution in [3.63, 3.8) is 0 Å². The molecular weight excluding hydrogens is 306 g/mol. The van der Waals surface area contributed by atoms with E-state index < -0.39 is 17.7 Å². The van der Waals surface area contributed by atoms with Crippen LogP contribution in [0.2, 0.25) is 0 Å². The second-order valence-corrected chi connectivity index (χ2v) is 4.50. The number of amides is 1. The summed E-state index contributed by atoms with van der Waals surface area (Å²) in [5.74, 6) is -1.74. The number of benzene rings is 1. The van der Waals surface area contributed by atoms with E-state index in [1.807, 2.05) is 0 Å². The lowest BCUT2D eigenvalue weighted by molar-refractivity contribution is -0.121. The van der Waals surface area contributed by atoms with Gasteiger partial charge in [0.15, 0.2) is 0 Å². The average Bonchev–Trinajstić information content (AvgIpc) is 2.32. The zero-order valence-electron chi connectivity index (χ0n) is 9.77. The molecule has 3 nitrogen and oxygen atoms in total. The van der Waals surface area contributed by atoms with Crippen LogP contribution >= 0.6 is 15.9 Å². The van der Waals surface area contributed by atoms with Crippen LogP contribution in [-0.2, 0) is 4.79 Å². The van der Waals surface area contributed by atoms with Gasteiger partial charge in [-0.05, 0) is 28.9 Å². The van der Waals surface area contributed by atoms with Crippen molar-refractivity contribution in [2.24, 2.45) is 0 Å². The van der Waals surface area contributed by atoms with Crippen molar-refractivity contribution >= 4 is 27.5 Å². The molecule has 98 valence electrons. The van der Waals surface area contributed by atoms with Crippen LogP contribution in [-0.4, -0.2) is 18.5 Å². The van der Waals surface area contributed by atoms with Crippen molar-refractivity contribution < 1.29 is 13.6 Å². The molecule has 0 spiro atoms. The number of hydrogen-bond donors (Lipinski definition) is 2. The lowest BCUT2D eigenvalue weighted by atomic mass is 10.2. The van der Waals surface area contributed by atoms with Crippen molar-refractivity contribution in [1.82, 2.24) is 5.32 Å². The van der Waals surface area contributed by atoms with Crippen molar-refractivity contribution in [2.75, 3.05) is 11.9 Å². The normalized spacial score (nSPS) is 11.8. The molecule has 1 atom stereocenters. The fourth-order valence-corrected chi connectivity index (χ4v) is 1.60. The maximum absolute atomic E-state index is 13.4. The van der Waals surface area contributed by atoms with Crippen LogP contribution in [0.4, 0.5) is 14.5 Å². The summed E-state index contributed by atoms with van der Waals surface area (Å²) in [7, 11) is 0. The summed E-state index contributed by atoms with van der Waals surface area (Å²) in [5.41, 5.74) is 0.0597. The first-order valence-corrected chi connectivity index (χ1v) is 6.04. The summed E-state index contributed by atoms with van der Waals surface area (Å²) in [6.07, 6.45) is 1.54. The van der Waals surface area contributed by atoms with E-state index in [0.29, 0.717) is 6.54 Å². The number of carbonyl (C=O) groups excluding carboxylic acids is 1. The smallest absolute Gasteiger partial charge is 0.242 e. The quantitative estimate of drug-likeness (QED) is 0.647. The van der Waals surface area contributed by atoms with Crippen molar-refractivity contribution in [3.05, 3.63) is 40.9 Å². The molecule has 2 N–H and O–H groups in total. The van der Waals surface area contributed by atoms with Gasteiger partial charge in [0.05, 0.1) is 10.2 Å². The highest BCUT2D eigenvalue weighted by atomic mass is 79.9. The van der Waals surface area contributed by atoms with E-state index in [4.69, 9.17) is 0 Å². The Morgan fingerprint density at radius 3 is 2.78 bits per heavy atom. The van der Waals surface area contributed by atoms with E-state index in [0.717, 1.165) is 6.07 Å². The van der Waals surface area contributed by atoms with E-state index in [1.54, 1.807) is 13.0 Å². The zero-order chi connectivity index (χ0) is 13.7. The standard InChI is InChI=1S/C12H13BrF2N2O/c1-3-4-16-12(18)7(2)17-11-5-8(13)9(14)6-10(11)15/h3,5-7,17H,1,4H2,2H3,(H,16,18). The third kappa shape index (κ3) is 3.80. The molecule has 0 saturated carbocycles. The van der Waals surface area contributed by atoms with E-state index in [1.165, 1.54) is 6.07 Å². The Labute approximate surface area is 112 Å². The molecule has 0 heterocycles. The number of anilines is 1. The number of hydrogen-bond acceptors (Lipinski definition) is 2. The molecule has 1 amide bonds. The molecule has 0 aromatic heterocycles. The van der Waals surface area contributed by atoms with Gasteiger partial charge in [0.1, 0.15) is 17.7 Å². The first-order chi connectivity index (χ1) is 8.45. The number of halogens is 3. The third-order valence-corrected chi connectivity index (χ3v) is 2.80. The minimum atomic E-state index is -0.751. The first kappa shape index (κ1) is 14.6. The van der Waals surface area contributed by atoms with Gasteiger partial charge in [0.2, 0.25) is 5.91 Å². The minimum absolute atomic E-state index is 0.0597. The molecule has 1 aromatic rings. The molecule has 0 bridgehead atoms. The number of rotatable bonds is 5. The maximum atomic E-state index is 13.4. The molecule has 0 radical (unpaired) electrons.